The molecule has 0 unspecified atom stereocenters. The quantitative estimate of drug-likeness (QED) is 0.369. The van der Waals surface area contributed by atoms with E-state index in [1.54, 1.807) is 5.57 Å². The Kier molecular flexibility index (Phi) is 5.18. The van der Waals surface area contributed by atoms with Crippen molar-refractivity contribution < 1.29 is 20.4 Å². The SMILES string of the molecule is CC(=O)[C@H]1CC[C@H]2[C@@H]3CC=C4C[C@@H](O)CC[C@]4(C)[C@H]3CC[C@]12C.OO. The average molecular weight is 350 g/mol. The highest BCUT2D eigenvalue weighted by molar-refractivity contribution is 5.79. The van der Waals surface area contributed by atoms with Crippen molar-refractivity contribution in [3.8, 4) is 0 Å². The van der Waals surface area contributed by atoms with Gasteiger partial charge in [0, 0.05) is 5.92 Å². The molecular formula is C21H34O4. The number of aliphatic hydroxyl groups is 1. The second-order valence-electron chi connectivity index (χ2n) is 9.44. The zero-order valence-corrected chi connectivity index (χ0v) is 15.9. The molecule has 25 heavy (non-hydrogen) atoms. The van der Waals surface area contributed by atoms with Crippen LogP contribution >= 0.6 is 0 Å². The summed E-state index contributed by atoms with van der Waals surface area (Å²) in [4.78, 5) is 12.2. The van der Waals surface area contributed by atoms with Gasteiger partial charge in [0.05, 0.1) is 6.10 Å². The Labute approximate surface area is 151 Å². The highest BCUT2D eigenvalue weighted by Gasteiger charge is 2.59. The number of carbonyl (C=O) groups excluding carboxylic acids is 1. The summed E-state index contributed by atoms with van der Waals surface area (Å²) in [5, 5.41) is 22.1. The van der Waals surface area contributed by atoms with Crippen molar-refractivity contribution in [3.05, 3.63) is 11.6 Å². The Morgan fingerprint density at radius 1 is 1.08 bits per heavy atom. The van der Waals surface area contributed by atoms with Gasteiger partial charge in [-0.1, -0.05) is 25.5 Å². The fourth-order valence-electron chi connectivity index (χ4n) is 7.31. The van der Waals surface area contributed by atoms with E-state index >= 15 is 0 Å². The monoisotopic (exact) mass is 350 g/mol. The number of hydrogen-bond donors (Lipinski definition) is 3. The van der Waals surface area contributed by atoms with Crippen LogP contribution in [0.15, 0.2) is 11.6 Å². The van der Waals surface area contributed by atoms with E-state index in [2.05, 4.69) is 19.9 Å². The summed E-state index contributed by atoms with van der Waals surface area (Å²) < 4.78 is 0. The molecule has 0 spiro atoms. The van der Waals surface area contributed by atoms with Crippen molar-refractivity contribution in [3.63, 3.8) is 0 Å². The minimum atomic E-state index is -0.117. The lowest BCUT2D eigenvalue weighted by Gasteiger charge is -2.57. The predicted octanol–water partition coefficient (Wildman–Crippen LogP) is 4.53. The number of ketones is 1. The van der Waals surface area contributed by atoms with E-state index in [0.717, 1.165) is 43.4 Å². The van der Waals surface area contributed by atoms with E-state index < -0.39 is 0 Å². The number of allylic oxidation sites excluding steroid dienone is 1. The van der Waals surface area contributed by atoms with Crippen LogP contribution in [0.3, 0.4) is 0 Å². The van der Waals surface area contributed by atoms with Crippen LogP contribution in [0.4, 0.5) is 0 Å². The summed E-state index contributed by atoms with van der Waals surface area (Å²) in [6.07, 6.45) is 11.5. The maximum absolute atomic E-state index is 12.2. The van der Waals surface area contributed by atoms with Crippen molar-refractivity contribution in [2.75, 3.05) is 0 Å². The fraction of sp³-hybridized carbons (Fsp3) is 0.857. The molecule has 0 amide bonds. The maximum atomic E-state index is 12.2. The lowest BCUT2D eigenvalue weighted by Crippen LogP contribution is -2.50. The zero-order chi connectivity index (χ0) is 18.4. The summed E-state index contributed by atoms with van der Waals surface area (Å²) in [5.74, 6) is 3.00. The van der Waals surface area contributed by atoms with E-state index in [1.165, 1.54) is 25.7 Å². The summed E-state index contributed by atoms with van der Waals surface area (Å²) in [7, 11) is 0. The number of fused-ring (bicyclic) bond motifs is 5. The third kappa shape index (κ3) is 2.81. The van der Waals surface area contributed by atoms with Crippen LogP contribution in [0.2, 0.25) is 0 Å². The van der Waals surface area contributed by atoms with Crippen LogP contribution in [0.5, 0.6) is 0 Å². The molecule has 0 aliphatic heterocycles. The number of Topliss-reactive ketones (excluding diaryl/α,β-unsaturated/α-hetero) is 1. The van der Waals surface area contributed by atoms with Gasteiger partial charge in [-0.05, 0) is 86.9 Å². The maximum Gasteiger partial charge on any atom is 0.133 e. The molecule has 3 fully saturated rings. The van der Waals surface area contributed by atoms with Gasteiger partial charge in [0.15, 0.2) is 0 Å². The van der Waals surface area contributed by atoms with Gasteiger partial charge < -0.3 is 5.11 Å². The number of carbonyl (C=O) groups is 1. The molecule has 142 valence electrons. The minimum Gasteiger partial charge on any atom is -0.393 e. The second kappa shape index (κ2) is 6.79. The van der Waals surface area contributed by atoms with Crippen molar-refractivity contribution in [1.82, 2.24) is 0 Å². The van der Waals surface area contributed by atoms with Gasteiger partial charge in [0.25, 0.3) is 0 Å². The summed E-state index contributed by atoms with van der Waals surface area (Å²) in [6.45, 7) is 6.70. The summed E-state index contributed by atoms with van der Waals surface area (Å²) in [6, 6.07) is 0. The first kappa shape index (κ1) is 19.1. The first-order chi connectivity index (χ1) is 11.9. The van der Waals surface area contributed by atoms with Crippen LogP contribution in [0.1, 0.15) is 72.1 Å². The van der Waals surface area contributed by atoms with Gasteiger partial charge in [0.2, 0.25) is 0 Å². The second-order valence-corrected chi connectivity index (χ2v) is 9.44. The highest BCUT2D eigenvalue weighted by atomic mass is 17.0. The number of hydrogen-bond acceptors (Lipinski definition) is 4. The number of rotatable bonds is 1. The van der Waals surface area contributed by atoms with Crippen molar-refractivity contribution in [2.45, 2.75) is 78.2 Å². The van der Waals surface area contributed by atoms with Gasteiger partial charge in [-0.3, -0.25) is 15.3 Å². The molecule has 0 aromatic rings. The van der Waals surface area contributed by atoms with Gasteiger partial charge in [-0.2, -0.15) is 0 Å². The van der Waals surface area contributed by atoms with E-state index in [1.807, 2.05) is 6.92 Å². The van der Waals surface area contributed by atoms with E-state index in [9.17, 15) is 9.90 Å². The third-order valence-electron chi connectivity index (χ3n) is 8.57. The Morgan fingerprint density at radius 3 is 2.48 bits per heavy atom. The molecule has 3 saturated carbocycles. The summed E-state index contributed by atoms with van der Waals surface area (Å²) >= 11 is 0. The van der Waals surface area contributed by atoms with E-state index in [-0.39, 0.29) is 11.5 Å². The standard InChI is InChI=1S/C21H32O2.H2O2/c1-13(22)17-6-7-18-16-5-4-14-12-15(23)8-10-20(14,2)19(16)9-11-21(17,18)3;1-2/h4,15-19,23H,5-12H2,1-3H3;1-2H/t15-,16-,17+,18-,19-,20-,21+;/m0./s1. The Bertz CT molecular complexity index is 556. The molecule has 4 nitrogen and oxygen atoms in total. The topological polar surface area (TPSA) is 77.8 Å². The molecule has 4 rings (SSSR count). The molecule has 4 aliphatic rings. The molecule has 0 aromatic carbocycles. The molecular weight excluding hydrogens is 316 g/mol. The molecule has 3 N–H and O–H groups in total. The molecule has 0 bridgehead atoms. The minimum absolute atomic E-state index is 0.117. The smallest absolute Gasteiger partial charge is 0.133 e. The van der Waals surface area contributed by atoms with Gasteiger partial charge in [-0.15, -0.1) is 0 Å². The average Bonchev–Trinajstić information content (AvgIpc) is 2.95. The molecule has 7 atom stereocenters. The van der Waals surface area contributed by atoms with Crippen LogP contribution in [-0.4, -0.2) is 27.5 Å². The largest absolute Gasteiger partial charge is 0.393 e. The molecule has 0 radical (unpaired) electrons. The normalized spacial score (nSPS) is 48.2. The zero-order valence-electron chi connectivity index (χ0n) is 15.9. The molecule has 4 aliphatic carbocycles. The fourth-order valence-corrected chi connectivity index (χ4v) is 7.31. The number of aliphatic hydroxyl groups excluding tert-OH is 1. The van der Waals surface area contributed by atoms with Crippen molar-refractivity contribution in [2.24, 2.45) is 34.5 Å². The van der Waals surface area contributed by atoms with Crippen LogP contribution in [-0.2, 0) is 4.79 Å². The summed E-state index contributed by atoms with van der Waals surface area (Å²) in [5.41, 5.74) is 2.11. The van der Waals surface area contributed by atoms with Crippen LogP contribution in [0, 0.1) is 34.5 Å². The Morgan fingerprint density at radius 2 is 1.80 bits per heavy atom. The molecule has 0 saturated heterocycles. The van der Waals surface area contributed by atoms with Gasteiger partial charge in [-0.25, -0.2) is 0 Å². The van der Waals surface area contributed by atoms with Crippen LogP contribution < -0.4 is 0 Å². The Balaban J connectivity index is 0.000000880. The molecule has 0 aromatic heterocycles. The third-order valence-corrected chi connectivity index (χ3v) is 8.57. The van der Waals surface area contributed by atoms with Crippen molar-refractivity contribution in [1.29, 1.82) is 0 Å². The predicted molar refractivity (Wildman–Crippen MR) is 97.1 cm³/mol. The molecule has 4 heteroatoms. The first-order valence-electron chi connectivity index (χ1n) is 9.94. The van der Waals surface area contributed by atoms with Crippen LogP contribution in [0.25, 0.3) is 0 Å². The van der Waals surface area contributed by atoms with E-state index in [0.29, 0.717) is 17.1 Å². The first-order valence-corrected chi connectivity index (χ1v) is 9.94. The lowest BCUT2D eigenvalue weighted by atomic mass is 9.47. The Hall–Kier alpha value is -0.710. The van der Waals surface area contributed by atoms with E-state index in [4.69, 9.17) is 10.5 Å². The van der Waals surface area contributed by atoms with Gasteiger partial charge >= 0.3 is 0 Å². The van der Waals surface area contributed by atoms with Crippen molar-refractivity contribution >= 4 is 5.78 Å². The lowest BCUT2D eigenvalue weighted by molar-refractivity contribution is -0.176. The highest BCUT2D eigenvalue weighted by Crippen LogP contribution is 2.66. The van der Waals surface area contributed by atoms with Gasteiger partial charge in [0.1, 0.15) is 5.78 Å². The molecule has 0 heterocycles.